The van der Waals surface area contributed by atoms with Crippen LogP contribution in [0.4, 0.5) is 27.6 Å². The van der Waals surface area contributed by atoms with Crippen molar-refractivity contribution in [3.05, 3.63) is 36.8 Å². The van der Waals surface area contributed by atoms with E-state index in [1.165, 1.54) is 50.9 Å². The molecule has 5 rings (SSSR count). The Labute approximate surface area is 223 Å². The normalized spacial score (nSPS) is 16.8. The van der Waals surface area contributed by atoms with Crippen LogP contribution in [-0.4, -0.2) is 82.3 Å². The van der Waals surface area contributed by atoms with E-state index < -0.39 is 31.3 Å². The average molecular weight is 567 g/mol. The summed E-state index contributed by atoms with van der Waals surface area (Å²) in [6, 6.07) is 4.26. The van der Waals surface area contributed by atoms with E-state index in [2.05, 4.69) is 25.0 Å². The molecule has 0 amide bonds. The molecule has 40 heavy (non-hydrogen) atoms. The lowest BCUT2D eigenvalue weighted by Gasteiger charge is -2.19. The van der Waals surface area contributed by atoms with Gasteiger partial charge in [0, 0.05) is 35.6 Å². The van der Waals surface area contributed by atoms with Crippen LogP contribution in [0.15, 0.2) is 36.8 Å². The maximum atomic E-state index is 15.1. The standard InChI is InChI=1S/C24H22F5N7O4/c1-37-20-5-14(4-16(33-20)15-9-31-22(39-3)34-21(15)38-2)35-10-18(23(25,26)11-35)40-19-6-17-13(7-30-19)8-32-36(17)12-24(27,28)29/h4-9,18H,10-12H2,1-3H3. The Morgan fingerprint density at radius 2 is 1.75 bits per heavy atom. The largest absolute Gasteiger partial charge is 0.481 e. The number of rotatable bonds is 8. The molecule has 4 aromatic rings. The fourth-order valence-corrected chi connectivity index (χ4v) is 4.23. The predicted octanol–water partition coefficient (Wildman–Crippen LogP) is 3.77. The van der Waals surface area contributed by atoms with Crippen LogP contribution >= 0.6 is 0 Å². The molecule has 16 heteroatoms. The van der Waals surface area contributed by atoms with E-state index in [4.69, 9.17) is 18.9 Å². The number of aromatic nitrogens is 6. The number of pyridine rings is 2. The molecule has 5 heterocycles. The third-order valence-corrected chi connectivity index (χ3v) is 6.10. The molecule has 4 aromatic heterocycles. The Balaban J connectivity index is 1.42. The van der Waals surface area contributed by atoms with Gasteiger partial charge in [-0.25, -0.2) is 23.7 Å². The second kappa shape index (κ2) is 10.2. The molecule has 0 N–H and O–H groups in total. The van der Waals surface area contributed by atoms with Gasteiger partial charge in [0.1, 0.15) is 6.54 Å². The van der Waals surface area contributed by atoms with Crippen molar-refractivity contribution in [2.24, 2.45) is 0 Å². The van der Waals surface area contributed by atoms with Gasteiger partial charge in [0.25, 0.3) is 0 Å². The highest BCUT2D eigenvalue weighted by Crippen LogP contribution is 2.38. The molecule has 1 aliphatic rings. The molecular formula is C24H22F5N7O4. The molecule has 1 fully saturated rings. The second-order valence-electron chi connectivity index (χ2n) is 8.78. The highest BCUT2D eigenvalue weighted by Gasteiger charge is 2.50. The number of methoxy groups -OCH3 is 3. The SMILES string of the molecule is COc1cc(N2CC(Oc3cc4c(cn3)cnn4CC(F)(F)F)C(F)(F)C2)cc(-c2cnc(OC)nc2OC)n1. The van der Waals surface area contributed by atoms with Gasteiger partial charge in [-0.2, -0.15) is 23.3 Å². The maximum Gasteiger partial charge on any atom is 0.408 e. The summed E-state index contributed by atoms with van der Waals surface area (Å²) >= 11 is 0. The molecule has 1 atom stereocenters. The summed E-state index contributed by atoms with van der Waals surface area (Å²) in [7, 11) is 4.18. The van der Waals surface area contributed by atoms with Crippen molar-refractivity contribution < 1.29 is 40.9 Å². The lowest BCUT2D eigenvalue weighted by molar-refractivity contribution is -0.141. The highest BCUT2D eigenvalue weighted by molar-refractivity contribution is 5.78. The number of halogens is 5. The van der Waals surface area contributed by atoms with E-state index in [9.17, 15) is 13.2 Å². The van der Waals surface area contributed by atoms with Gasteiger partial charge in [-0.1, -0.05) is 0 Å². The fourth-order valence-electron chi connectivity index (χ4n) is 4.23. The zero-order valence-electron chi connectivity index (χ0n) is 21.3. The molecule has 0 aromatic carbocycles. The first-order valence-electron chi connectivity index (χ1n) is 11.7. The monoisotopic (exact) mass is 567 g/mol. The first-order chi connectivity index (χ1) is 19.0. The summed E-state index contributed by atoms with van der Waals surface area (Å²) in [6.45, 7) is -2.32. The summed E-state index contributed by atoms with van der Waals surface area (Å²) in [5.41, 5.74) is 1.07. The van der Waals surface area contributed by atoms with Gasteiger partial charge in [-0.05, 0) is 6.07 Å². The zero-order valence-corrected chi connectivity index (χ0v) is 21.3. The van der Waals surface area contributed by atoms with Crippen LogP contribution in [0.2, 0.25) is 0 Å². The van der Waals surface area contributed by atoms with E-state index in [0.29, 0.717) is 27.0 Å². The quantitative estimate of drug-likeness (QED) is 0.292. The minimum atomic E-state index is -4.52. The molecule has 212 valence electrons. The minimum absolute atomic E-state index is 0.0552. The van der Waals surface area contributed by atoms with Crippen LogP contribution in [0.25, 0.3) is 22.2 Å². The van der Waals surface area contributed by atoms with Crippen molar-refractivity contribution in [1.29, 1.82) is 0 Å². The van der Waals surface area contributed by atoms with Crippen molar-refractivity contribution in [3.8, 4) is 34.9 Å². The summed E-state index contributed by atoms with van der Waals surface area (Å²) < 4.78 is 90.8. The van der Waals surface area contributed by atoms with Crippen molar-refractivity contribution in [2.75, 3.05) is 39.3 Å². The number of alkyl halides is 5. The smallest absolute Gasteiger partial charge is 0.408 e. The van der Waals surface area contributed by atoms with Gasteiger partial charge in [-0.3, -0.25) is 4.68 Å². The Morgan fingerprint density at radius 3 is 2.45 bits per heavy atom. The highest BCUT2D eigenvalue weighted by atomic mass is 19.4. The summed E-state index contributed by atoms with van der Waals surface area (Å²) in [6.07, 6.45) is -2.32. The van der Waals surface area contributed by atoms with Crippen molar-refractivity contribution >= 4 is 16.6 Å². The number of fused-ring (bicyclic) bond motifs is 1. The number of hydrogen-bond acceptors (Lipinski definition) is 10. The number of ether oxygens (including phenoxy) is 4. The lowest BCUT2D eigenvalue weighted by Crippen LogP contribution is -2.36. The second-order valence-corrected chi connectivity index (χ2v) is 8.78. The third-order valence-electron chi connectivity index (χ3n) is 6.10. The van der Waals surface area contributed by atoms with Crippen LogP contribution in [0.5, 0.6) is 23.7 Å². The van der Waals surface area contributed by atoms with E-state index in [0.717, 1.165) is 6.07 Å². The fraction of sp³-hybridized carbons (Fsp3) is 0.375. The number of anilines is 1. The van der Waals surface area contributed by atoms with Crippen LogP contribution in [0.1, 0.15) is 0 Å². The van der Waals surface area contributed by atoms with Gasteiger partial charge in [0.15, 0.2) is 6.10 Å². The van der Waals surface area contributed by atoms with Crippen LogP contribution < -0.4 is 23.8 Å². The summed E-state index contributed by atoms with van der Waals surface area (Å²) in [5, 5.41) is 4.02. The van der Waals surface area contributed by atoms with Gasteiger partial charge < -0.3 is 23.8 Å². The number of hydrogen-bond donors (Lipinski definition) is 0. The maximum absolute atomic E-state index is 15.1. The molecule has 11 nitrogen and oxygen atoms in total. The van der Waals surface area contributed by atoms with E-state index in [1.807, 2.05) is 0 Å². The van der Waals surface area contributed by atoms with Crippen LogP contribution in [0, 0.1) is 0 Å². The molecule has 0 saturated carbocycles. The van der Waals surface area contributed by atoms with Crippen LogP contribution in [-0.2, 0) is 6.54 Å². The Hall–Kier alpha value is -4.50. The van der Waals surface area contributed by atoms with E-state index >= 15 is 8.78 Å². The lowest BCUT2D eigenvalue weighted by atomic mass is 10.2. The zero-order chi connectivity index (χ0) is 28.7. The first kappa shape index (κ1) is 27.1. The first-order valence-corrected chi connectivity index (χ1v) is 11.7. The molecule has 1 aliphatic heterocycles. The van der Waals surface area contributed by atoms with Gasteiger partial charge >= 0.3 is 18.1 Å². The number of nitrogens with zero attached hydrogens (tertiary/aromatic N) is 7. The molecule has 1 unspecified atom stereocenters. The summed E-state index contributed by atoms with van der Waals surface area (Å²) in [5.74, 6) is -3.29. The average Bonchev–Trinajstić information content (AvgIpc) is 3.45. The topological polar surface area (TPSA) is 110 Å². The molecular weight excluding hydrogens is 545 g/mol. The molecule has 0 aliphatic carbocycles. The third kappa shape index (κ3) is 5.46. The van der Waals surface area contributed by atoms with Gasteiger partial charge in [0.2, 0.25) is 17.6 Å². The van der Waals surface area contributed by atoms with Crippen molar-refractivity contribution in [3.63, 3.8) is 0 Å². The minimum Gasteiger partial charge on any atom is -0.481 e. The Bertz CT molecular complexity index is 1530. The van der Waals surface area contributed by atoms with Crippen molar-refractivity contribution in [2.45, 2.75) is 24.7 Å². The Morgan fingerprint density at radius 1 is 0.950 bits per heavy atom. The van der Waals surface area contributed by atoms with Gasteiger partial charge in [0.05, 0.1) is 57.4 Å². The molecule has 0 radical (unpaired) electrons. The molecule has 1 saturated heterocycles. The van der Waals surface area contributed by atoms with Crippen LogP contribution in [0.3, 0.4) is 0 Å². The molecule has 0 bridgehead atoms. The van der Waals surface area contributed by atoms with Gasteiger partial charge in [-0.15, -0.1) is 0 Å². The van der Waals surface area contributed by atoms with Crippen molar-refractivity contribution in [1.82, 2.24) is 29.7 Å². The molecule has 0 spiro atoms. The predicted molar refractivity (Wildman–Crippen MR) is 130 cm³/mol. The van der Waals surface area contributed by atoms with E-state index in [-0.39, 0.29) is 35.7 Å². The Kier molecular flexibility index (Phi) is 6.93. The summed E-state index contributed by atoms with van der Waals surface area (Å²) in [4.78, 5) is 17.9. The van der Waals surface area contributed by atoms with E-state index in [1.54, 1.807) is 6.07 Å².